The summed E-state index contributed by atoms with van der Waals surface area (Å²) >= 11 is 1.41. The Morgan fingerprint density at radius 3 is 2.36 bits per heavy atom. The molecule has 0 aliphatic rings. The third-order valence-electron chi connectivity index (χ3n) is 3.72. The first-order valence-corrected chi connectivity index (χ1v) is 8.39. The molecule has 2 aromatic carbocycles. The van der Waals surface area contributed by atoms with E-state index in [0.29, 0.717) is 22.1 Å². The molecular weight excluding hydrogens is 339 g/mol. The monoisotopic (exact) mass is 352 g/mol. The summed E-state index contributed by atoms with van der Waals surface area (Å²) in [6.07, 6.45) is 0. The van der Waals surface area contributed by atoms with Gasteiger partial charge in [-0.15, -0.1) is 10.2 Å². The lowest BCUT2D eigenvalue weighted by Crippen LogP contribution is -1.82. The number of nitrogens with zero attached hydrogens (tertiary/aromatic N) is 2. The van der Waals surface area contributed by atoms with Crippen molar-refractivity contribution >= 4 is 11.3 Å². The molecular formula is C19H13FN2O2S. The highest BCUT2D eigenvalue weighted by Gasteiger charge is 2.14. The Kier molecular flexibility index (Phi) is 4.03. The molecule has 0 saturated heterocycles. The van der Waals surface area contributed by atoms with Crippen LogP contribution in [-0.4, -0.2) is 17.3 Å². The van der Waals surface area contributed by atoms with Crippen molar-refractivity contribution in [3.8, 4) is 38.4 Å². The lowest BCUT2D eigenvalue weighted by molar-refractivity contribution is 0.415. The summed E-state index contributed by atoms with van der Waals surface area (Å²) < 4.78 is 24.8. The Morgan fingerprint density at radius 2 is 1.60 bits per heavy atom. The number of aromatic nitrogens is 2. The van der Waals surface area contributed by atoms with E-state index in [9.17, 15) is 4.39 Å². The second-order valence-corrected chi connectivity index (χ2v) is 6.26. The van der Waals surface area contributed by atoms with Gasteiger partial charge in [0.15, 0.2) is 10.8 Å². The van der Waals surface area contributed by atoms with Crippen LogP contribution in [0, 0.1) is 5.82 Å². The van der Waals surface area contributed by atoms with E-state index in [1.807, 2.05) is 24.3 Å². The number of hydrogen-bond acceptors (Lipinski definition) is 5. The lowest BCUT2D eigenvalue weighted by atomic mass is 10.1. The largest absolute Gasteiger partial charge is 0.497 e. The minimum Gasteiger partial charge on any atom is -0.497 e. The first-order chi connectivity index (χ1) is 12.2. The number of benzene rings is 2. The zero-order valence-corrected chi connectivity index (χ0v) is 14.1. The highest BCUT2D eigenvalue weighted by atomic mass is 32.1. The molecule has 4 nitrogen and oxygen atoms in total. The predicted molar refractivity (Wildman–Crippen MR) is 95.0 cm³/mol. The summed E-state index contributed by atoms with van der Waals surface area (Å²) in [7, 11) is 1.63. The van der Waals surface area contributed by atoms with Gasteiger partial charge in [-0.3, -0.25) is 0 Å². The van der Waals surface area contributed by atoms with E-state index in [-0.39, 0.29) is 5.82 Å². The van der Waals surface area contributed by atoms with Gasteiger partial charge >= 0.3 is 0 Å². The Morgan fingerprint density at radius 1 is 0.880 bits per heavy atom. The van der Waals surface area contributed by atoms with Crippen molar-refractivity contribution in [2.24, 2.45) is 0 Å². The van der Waals surface area contributed by atoms with Crippen molar-refractivity contribution in [2.45, 2.75) is 0 Å². The van der Waals surface area contributed by atoms with Crippen LogP contribution in [0.25, 0.3) is 32.7 Å². The van der Waals surface area contributed by atoms with E-state index >= 15 is 0 Å². The van der Waals surface area contributed by atoms with Gasteiger partial charge in [0, 0.05) is 5.56 Å². The maximum absolute atomic E-state index is 13.9. The van der Waals surface area contributed by atoms with Crippen LogP contribution in [0.15, 0.2) is 65.1 Å². The Balaban J connectivity index is 1.63. The van der Waals surface area contributed by atoms with Gasteiger partial charge < -0.3 is 9.15 Å². The number of furan rings is 1. The van der Waals surface area contributed by atoms with Crippen LogP contribution >= 0.6 is 11.3 Å². The number of halogens is 1. The number of hydrogen-bond donors (Lipinski definition) is 0. The molecule has 4 rings (SSSR count). The van der Waals surface area contributed by atoms with Crippen LogP contribution in [-0.2, 0) is 0 Å². The summed E-state index contributed by atoms with van der Waals surface area (Å²) in [5, 5.41) is 9.82. The van der Waals surface area contributed by atoms with Crippen molar-refractivity contribution in [1.82, 2.24) is 10.2 Å². The molecule has 0 radical (unpaired) electrons. The van der Waals surface area contributed by atoms with Gasteiger partial charge in [-0.25, -0.2) is 4.39 Å². The molecule has 0 unspecified atom stereocenters. The molecule has 0 bridgehead atoms. The summed E-state index contributed by atoms with van der Waals surface area (Å²) in [5.74, 6) is 1.50. The molecule has 0 saturated carbocycles. The average molecular weight is 352 g/mol. The van der Waals surface area contributed by atoms with Gasteiger partial charge in [0.25, 0.3) is 0 Å². The first-order valence-electron chi connectivity index (χ1n) is 7.57. The Labute approximate surface area is 147 Å². The second kappa shape index (κ2) is 6.49. The Hall–Kier alpha value is -2.99. The van der Waals surface area contributed by atoms with Gasteiger partial charge in [-0.05, 0) is 48.5 Å². The third kappa shape index (κ3) is 3.04. The standard InChI is InChI=1S/C19H13FN2O2S/c1-23-13-8-6-12(7-9-13)18-21-22-19(25-18)17-11-10-16(24-17)14-4-2-3-5-15(14)20/h2-11H,1H3. The highest BCUT2D eigenvalue weighted by Crippen LogP contribution is 2.34. The van der Waals surface area contributed by atoms with E-state index < -0.39 is 0 Å². The van der Waals surface area contributed by atoms with Crippen molar-refractivity contribution in [2.75, 3.05) is 7.11 Å². The zero-order valence-electron chi connectivity index (χ0n) is 13.3. The normalized spacial score (nSPS) is 10.8. The molecule has 0 amide bonds. The molecule has 0 N–H and O–H groups in total. The van der Waals surface area contributed by atoms with Gasteiger partial charge in [0.1, 0.15) is 22.3 Å². The fourth-order valence-corrected chi connectivity index (χ4v) is 3.24. The summed E-state index contributed by atoms with van der Waals surface area (Å²) in [6.45, 7) is 0. The lowest BCUT2D eigenvalue weighted by Gasteiger charge is -1.99. The molecule has 4 aromatic rings. The van der Waals surface area contributed by atoms with E-state index in [1.165, 1.54) is 17.4 Å². The second-order valence-electron chi connectivity index (χ2n) is 5.28. The third-order valence-corrected chi connectivity index (χ3v) is 4.70. The SMILES string of the molecule is COc1ccc(-c2nnc(-c3ccc(-c4ccccc4F)o3)s2)cc1. The topological polar surface area (TPSA) is 48.2 Å². The van der Waals surface area contributed by atoms with Crippen molar-refractivity contribution in [3.63, 3.8) is 0 Å². The van der Waals surface area contributed by atoms with Gasteiger partial charge in [0.05, 0.1) is 12.7 Å². The maximum atomic E-state index is 13.9. The van der Waals surface area contributed by atoms with Gasteiger partial charge in [0.2, 0.25) is 0 Å². The fraction of sp³-hybridized carbons (Fsp3) is 0.0526. The van der Waals surface area contributed by atoms with Gasteiger partial charge in [-0.2, -0.15) is 0 Å². The van der Waals surface area contributed by atoms with Crippen LogP contribution in [0.2, 0.25) is 0 Å². The molecule has 0 aliphatic carbocycles. The van der Waals surface area contributed by atoms with Crippen molar-refractivity contribution in [3.05, 3.63) is 66.5 Å². The molecule has 0 aliphatic heterocycles. The quantitative estimate of drug-likeness (QED) is 0.501. The van der Waals surface area contributed by atoms with Gasteiger partial charge in [-0.1, -0.05) is 23.5 Å². The minimum absolute atomic E-state index is 0.320. The summed E-state index contributed by atoms with van der Waals surface area (Å²) in [4.78, 5) is 0. The van der Waals surface area contributed by atoms with E-state index in [1.54, 1.807) is 37.4 Å². The minimum atomic E-state index is -0.320. The number of rotatable bonds is 4. The van der Waals surface area contributed by atoms with E-state index in [2.05, 4.69) is 10.2 Å². The molecule has 0 spiro atoms. The van der Waals surface area contributed by atoms with Crippen molar-refractivity contribution in [1.29, 1.82) is 0 Å². The fourth-order valence-electron chi connectivity index (χ4n) is 2.43. The molecule has 2 aromatic heterocycles. The Bertz CT molecular complexity index is 1010. The van der Waals surface area contributed by atoms with Crippen LogP contribution in [0.5, 0.6) is 5.75 Å². The van der Waals surface area contributed by atoms with Crippen LogP contribution < -0.4 is 4.74 Å². The molecule has 124 valence electrons. The molecule has 0 fully saturated rings. The number of methoxy groups -OCH3 is 1. The van der Waals surface area contributed by atoms with Crippen LogP contribution in [0.4, 0.5) is 4.39 Å². The average Bonchev–Trinajstić information content (AvgIpc) is 3.32. The van der Waals surface area contributed by atoms with Crippen LogP contribution in [0.1, 0.15) is 0 Å². The molecule has 25 heavy (non-hydrogen) atoms. The molecule has 2 heterocycles. The smallest absolute Gasteiger partial charge is 0.183 e. The first kappa shape index (κ1) is 15.5. The maximum Gasteiger partial charge on any atom is 0.183 e. The predicted octanol–water partition coefficient (Wildman–Crippen LogP) is 5.28. The summed E-state index contributed by atoms with van der Waals surface area (Å²) in [5.41, 5.74) is 1.37. The van der Waals surface area contributed by atoms with Crippen molar-refractivity contribution < 1.29 is 13.5 Å². The van der Waals surface area contributed by atoms with E-state index in [4.69, 9.17) is 9.15 Å². The highest BCUT2D eigenvalue weighted by molar-refractivity contribution is 7.17. The molecule has 0 atom stereocenters. The zero-order chi connectivity index (χ0) is 17.2. The number of ether oxygens (including phenoxy) is 1. The van der Waals surface area contributed by atoms with Crippen LogP contribution in [0.3, 0.4) is 0 Å². The summed E-state index contributed by atoms with van der Waals surface area (Å²) in [6, 6.07) is 17.6. The molecule has 6 heteroatoms. The van der Waals surface area contributed by atoms with E-state index in [0.717, 1.165) is 16.3 Å².